The topological polar surface area (TPSA) is 89.4 Å². The Morgan fingerprint density at radius 2 is 1.74 bits per heavy atom. The number of terminal acetylenes is 1. The molecule has 254 valence electrons. The summed E-state index contributed by atoms with van der Waals surface area (Å²) in [5.74, 6) is -1.59. The Kier molecular flexibility index (Phi) is 10.1. The molecule has 1 aromatic carbocycles. The largest absolute Gasteiger partial charge is 0.382 e. The van der Waals surface area contributed by atoms with E-state index < -0.39 is 16.9 Å². The highest BCUT2D eigenvalue weighted by atomic mass is 19.3. The average Bonchev–Trinajstić information content (AvgIpc) is 3.89. The molecule has 6 rings (SSSR count). The first-order chi connectivity index (χ1) is 22.6. The first kappa shape index (κ1) is 34.0. The minimum Gasteiger partial charge on any atom is -0.382 e. The van der Waals surface area contributed by atoms with Crippen LogP contribution in [0.15, 0.2) is 52.2 Å². The number of amides is 1. The van der Waals surface area contributed by atoms with Crippen molar-refractivity contribution in [3.05, 3.63) is 58.2 Å². The van der Waals surface area contributed by atoms with Gasteiger partial charge in [0.25, 0.3) is 0 Å². The minimum absolute atomic E-state index is 0.00419. The lowest BCUT2D eigenvalue weighted by Crippen LogP contribution is -2.60. The number of allylic oxidation sites excluding steroid dienone is 4. The second-order valence-electron chi connectivity index (χ2n) is 14.2. The standard InChI is InChI=1S/C38H48F2N2O5/c1-4-38(39,40)37(44)17-15-33-31-13-11-28-23-29(41-42-34(43)16-18-46-21-22-47-20-19-45-3)12-14-30(28)35(31)32(24-36(33,37)2)27-9-7-26(8-10-27)25-5-6-25/h1,7-10,23,25,31-33,44H,5-6,11-22,24H2,2-3H3,(H,42,43)/t31-,32-,33-,36-,37-/m0/s1. The number of aliphatic hydroxyl groups is 1. The number of alkyl halides is 2. The molecule has 3 saturated carbocycles. The molecule has 7 nitrogen and oxygen atoms in total. The highest BCUT2D eigenvalue weighted by Crippen LogP contribution is 2.69. The zero-order valence-electron chi connectivity index (χ0n) is 27.7. The van der Waals surface area contributed by atoms with Gasteiger partial charge in [0.2, 0.25) is 5.91 Å². The minimum atomic E-state index is -3.60. The molecule has 0 unspecified atom stereocenters. The first-order valence-electron chi connectivity index (χ1n) is 17.2. The highest BCUT2D eigenvalue weighted by Gasteiger charge is 2.71. The van der Waals surface area contributed by atoms with Crippen LogP contribution < -0.4 is 5.43 Å². The number of ether oxygens (including phenoxy) is 3. The summed E-state index contributed by atoms with van der Waals surface area (Å²) >= 11 is 0. The zero-order valence-corrected chi connectivity index (χ0v) is 27.7. The quantitative estimate of drug-likeness (QED) is 0.146. The van der Waals surface area contributed by atoms with Gasteiger partial charge >= 0.3 is 5.92 Å². The van der Waals surface area contributed by atoms with E-state index in [4.69, 9.17) is 20.6 Å². The summed E-state index contributed by atoms with van der Waals surface area (Å²) in [6, 6.07) is 8.77. The summed E-state index contributed by atoms with van der Waals surface area (Å²) in [6.07, 6.45) is 14.1. The van der Waals surface area contributed by atoms with Crippen molar-refractivity contribution < 1.29 is 32.9 Å². The molecule has 47 heavy (non-hydrogen) atoms. The van der Waals surface area contributed by atoms with E-state index in [1.54, 1.807) is 13.0 Å². The van der Waals surface area contributed by atoms with E-state index >= 15 is 8.78 Å². The lowest BCUT2D eigenvalue weighted by atomic mass is 9.50. The molecule has 1 aromatic rings. The molecule has 5 aliphatic carbocycles. The van der Waals surface area contributed by atoms with E-state index in [0.717, 1.165) is 30.5 Å². The fourth-order valence-electron chi connectivity index (χ4n) is 8.94. The molecule has 0 radical (unpaired) electrons. The van der Waals surface area contributed by atoms with Gasteiger partial charge in [0.05, 0.1) is 45.2 Å². The molecule has 1 amide bonds. The van der Waals surface area contributed by atoms with Gasteiger partial charge in [-0.2, -0.15) is 13.9 Å². The first-order valence-corrected chi connectivity index (χ1v) is 17.2. The number of rotatable bonds is 13. The van der Waals surface area contributed by atoms with Gasteiger partial charge in [-0.15, -0.1) is 6.42 Å². The van der Waals surface area contributed by atoms with Gasteiger partial charge in [0.15, 0.2) is 0 Å². The van der Waals surface area contributed by atoms with Crippen LogP contribution in [0.2, 0.25) is 0 Å². The van der Waals surface area contributed by atoms with Gasteiger partial charge in [-0.25, -0.2) is 5.43 Å². The molecular weight excluding hydrogens is 602 g/mol. The van der Waals surface area contributed by atoms with Crippen molar-refractivity contribution in [1.29, 1.82) is 0 Å². The molecule has 9 heteroatoms. The van der Waals surface area contributed by atoms with E-state index in [1.807, 2.05) is 6.92 Å². The van der Waals surface area contributed by atoms with Gasteiger partial charge < -0.3 is 19.3 Å². The summed E-state index contributed by atoms with van der Waals surface area (Å²) in [7, 11) is 1.62. The van der Waals surface area contributed by atoms with E-state index in [9.17, 15) is 9.90 Å². The van der Waals surface area contributed by atoms with Gasteiger partial charge in [0.1, 0.15) is 5.60 Å². The van der Waals surface area contributed by atoms with Crippen LogP contribution in [0.3, 0.4) is 0 Å². The number of hydrogen-bond acceptors (Lipinski definition) is 6. The highest BCUT2D eigenvalue weighted by molar-refractivity contribution is 5.98. The fourth-order valence-corrected chi connectivity index (χ4v) is 8.94. The molecular formula is C38H48F2N2O5. The van der Waals surface area contributed by atoms with Crippen molar-refractivity contribution in [2.24, 2.45) is 22.4 Å². The number of carbonyl (C=O) groups is 1. The molecule has 0 aliphatic heterocycles. The van der Waals surface area contributed by atoms with Crippen LogP contribution in [0, 0.1) is 29.6 Å². The Balaban J connectivity index is 1.21. The Morgan fingerprint density at radius 3 is 2.45 bits per heavy atom. The number of fused-ring (bicyclic) bond motifs is 4. The molecule has 3 fully saturated rings. The Labute approximate surface area is 277 Å². The van der Waals surface area contributed by atoms with Crippen LogP contribution in [0.1, 0.15) is 94.1 Å². The van der Waals surface area contributed by atoms with Gasteiger partial charge in [-0.3, -0.25) is 4.79 Å². The number of hydrazone groups is 1. The lowest BCUT2D eigenvalue weighted by molar-refractivity contribution is -0.209. The molecule has 0 saturated heterocycles. The molecule has 5 aliphatic rings. The second kappa shape index (κ2) is 13.9. The number of nitrogens with zero attached hydrogens (tertiary/aromatic N) is 1. The number of halogens is 2. The maximum Gasteiger partial charge on any atom is 0.336 e. The maximum atomic E-state index is 15.4. The zero-order chi connectivity index (χ0) is 33.2. The summed E-state index contributed by atoms with van der Waals surface area (Å²) in [5, 5.41) is 16.2. The van der Waals surface area contributed by atoms with E-state index in [-0.39, 0.29) is 43.1 Å². The van der Waals surface area contributed by atoms with Gasteiger partial charge in [0, 0.05) is 18.4 Å². The second-order valence-corrected chi connectivity index (χ2v) is 14.2. The number of methoxy groups -OCH3 is 1. The maximum absolute atomic E-state index is 15.4. The monoisotopic (exact) mass is 650 g/mol. The van der Waals surface area contributed by atoms with Crippen molar-refractivity contribution in [1.82, 2.24) is 5.43 Å². The van der Waals surface area contributed by atoms with Gasteiger partial charge in [-0.05, 0) is 110 Å². The van der Waals surface area contributed by atoms with Crippen molar-refractivity contribution in [3.63, 3.8) is 0 Å². The van der Waals surface area contributed by atoms with Crippen molar-refractivity contribution in [2.45, 2.75) is 94.5 Å². The smallest absolute Gasteiger partial charge is 0.336 e. The van der Waals surface area contributed by atoms with Crippen LogP contribution >= 0.6 is 0 Å². The van der Waals surface area contributed by atoms with Crippen LogP contribution in [-0.4, -0.2) is 68.4 Å². The van der Waals surface area contributed by atoms with Gasteiger partial charge in [-0.1, -0.05) is 36.8 Å². The number of nitrogens with one attached hydrogen (secondary N) is 1. The van der Waals surface area contributed by atoms with Crippen LogP contribution in [0.4, 0.5) is 8.78 Å². The third-order valence-electron chi connectivity index (χ3n) is 11.6. The predicted octanol–water partition coefficient (Wildman–Crippen LogP) is 6.44. The normalized spacial score (nSPS) is 31.1. The Morgan fingerprint density at radius 1 is 1.04 bits per heavy atom. The molecule has 2 N–H and O–H groups in total. The Bertz CT molecular complexity index is 1460. The summed E-state index contributed by atoms with van der Waals surface area (Å²) < 4.78 is 46.5. The van der Waals surface area contributed by atoms with E-state index in [2.05, 4.69) is 40.9 Å². The Hall–Kier alpha value is -2.90. The van der Waals surface area contributed by atoms with Crippen molar-refractivity contribution in [3.8, 4) is 12.3 Å². The average molecular weight is 651 g/mol. The number of hydrogen-bond donors (Lipinski definition) is 2. The molecule has 0 spiro atoms. The lowest BCUT2D eigenvalue weighted by Gasteiger charge is -2.55. The summed E-state index contributed by atoms with van der Waals surface area (Å²) in [5.41, 5.74) is 6.59. The van der Waals surface area contributed by atoms with Crippen LogP contribution in [-0.2, 0) is 19.0 Å². The van der Waals surface area contributed by atoms with Crippen molar-refractivity contribution >= 4 is 11.6 Å². The number of carbonyl (C=O) groups excluding carboxylic acids is 1. The molecule has 0 heterocycles. The van der Waals surface area contributed by atoms with E-state index in [0.29, 0.717) is 51.6 Å². The molecule has 0 aromatic heterocycles. The SMILES string of the molecule is C#CC(F)(F)[C@]1(O)CC[C@H]2[C@@H]3CCC4=CC(=NNC(=O)CCOCCOCCOC)CCC4=C3[C@H](c3ccc(C4CC4)cc3)C[C@@]21C. The fraction of sp³-hybridized carbons (Fsp3) is 0.632. The molecule has 5 atom stereocenters. The number of benzene rings is 1. The van der Waals surface area contributed by atoms with Crippen LogP contribution in [0.25, 0.3) is 0 Å². The summed E-state index contributed by atoms with van der Waals surface area (Å²) in [4.78, 5) is 12.4. The third-order valence-corrected chi connectivity index (χ3v) is 11.6. The molecule has 0 bridgehead atoms. The third kappa shape index (κ3) is 6.59. The summed E-state index contributed by atoms with van der Waals surface area (Å²) in [6.45, 7) is 4.05. The van der Waals surface area contributed by atoms with E-state index in [1.165, 1.54) is 35.1 Å². The van der Waals surface area contributed by atoms with Crippen LogP contribution in [0.5, 0.6) is 0 Å². The predicted molar refractivity (Wildman–Crippen MR) is 176 cm³/mol. The van der Waals surface area contributed by atoms with Crippen molar-refractivity contribution in [2.75, 3.05) is 40.1 Å².